The van der Waals surface area contributed by atoms with Gasteiger partial charge in [0.25, 0.3) is 0 Å². The molecule has 0 radical (unpaired) electrons. The maximum Gasteiger partial charge on any atom is 0.198 e. The summed E-state index contributed by atoms with van der Waals surface area (Å²) in [5.74, 6) is 0. The molecule has 0 amide bonds. The Morgan fingerprint density at radius 2 is 1.76 bits per heavy atom. The quantitative estimate of drug-likeness (QED) is 0.721. The van der Waals surface area contributed by atoms with Crippen LogP contribution in [-0.2, 0) is 16.3 Å². The minimum Gasteiger partial charge on any atom is -0.241 e. The third kappa shape index (κ3) is 4.41. The highest BCUT2D eigenvalue weighted by atomic mass is 32.2. The van der Waals surface area contributed by atoms with Crippen LogP contribution in [-0.4, -0.2) is 13.4 Å². The summed E-state index contributed by atoms with van der Waals surface area (Å²) in [5.41, 5.74) is 1.29. The van der Waals surface area contributed by atoms with Gasteiger partial charge in [-0.3, -0.25) is 0 Å². The molecule has 0 aliphatic rings. The number of thiol groups is 1. The third-order valence-electron chi connectivity index (χ3n) is 1.94. The van der Waals surface area contributed by atoms with Crippen LogP contribution < -0.4 is 5.14 Å². The predicted octanol–water partition coefficient (Wildman–Crippen LogP) is 2.07. The van der Waals surface area contributed by atoms with Crippen molar-refractivity contribution in [2.45, 2.75) is 26.2 Å². The number of aromatic nitrogens is 1. The summed E-state index contributed by atoms with van der Waals surface area (Å²) in [7, 11) is -2.62. The van der Waals surface area contributed by atoms with Gasteiger partial charge in [-0.1, -0.05) is 32.9 Å². The molecule has 1 aromatic carbocycles. The van der Waals surface area contributed by atoms with Gasteiger partial charge in [-0.25, -0.2) is 18.5 Å². The smallest absolute Gasteiger partial charge is 0.198 e. The number of benzene rings is 1. The Morgan fingerprint density at radius 1 is 1.24 bits per heavy atom. The van der Waals surface area contributed by atoms with Gasteiger partial charge in [0.2, 0.25) is 0 Å². The number of para-hydroxylation sites is 1. The molecule has 2 aromatic rings. The first-order valence-electron chi connectivity index (χ1n) is 5.06. The van der Waals surface area contributed by atoms with Crippen molar-refractivity contribution in [1.82, 2.24) is 4.98 Å². The summed E-state index contributed by atoms with van der Waals surface area (Å²) in [4.78, 5) is 4.60. The summed E-state index contributed by atoms with van der Waals surface area (Å²) >= 11 is 1.79. The first-order valence-corrected chi connectivity index (χ1v) is 7.12. The largest absolute Gasteiger partial charge is 0.241 e. The minimum absolute atomic E-state index is 0.170. The summed E-state index contributed by atoms with van der Waals surface area (Å²) in [6.07, 6.45) is 0. The van der Waals surface area contributed by atoms with Crippen LogP contribution in [0.15, 0.2) is 24.3 Å². The Balaban J connectivity index is 0.000000317. The molecule has 6 heteroatoms. The van der Waals surface area contributed by atoms with E-state index in [0.29, 0.717) is 0 Å². The van der Waals surface area contributed by atoms with Crippen molar-refractivity contribution in [3.05, 3.63) is 29.3 Å². The average molecular weight is 272 g/mol. The molecular weight excluding hydrogens is 256 g/mol. The second-order valence-electron chi connectivity index (χ2n) is 4.52. The molecular formula is C11H16N2O2S2. The topological polar surface area (TPSA) is 73.0 Å². The van der Waals surface area contributed by atoms with Crippen molar-refractivity contribution in [3.63, 3.8) is 0 Å². The monoisotopic (exact) mass is 272 g/mol. The highest BCUT2D eigenvalue weighted by Gasteiger charge is 2.18. The molecule has 17 heavy (non-hydrogen) atoms. The molecule has 94 valence electrons. The van der Waals surface area contributed by atoms with Gasteiger partial charge in [-0.15, -0.1) is 11.3 Å². The zero-order chi connectivity index (χ0) is 13.1. The van der Waals surface area contributed by atoms with Gasteiger partial charge in [-0.2, -0.15) is 0 Å². The van der Waals surface area contributed by atoms with Gasteiger partial charge >= 0.3 is 0 Å². The number of rotatable bonds is 0. The minimum atomic E-state index is -2.62. The molecule has 1 heterocycles. The molecule has 0 aliphatic carbocycles. The number of nitrogens with zero attached hydrogens (tertiary/aromatic N) is 1. The third-order valence-corrected chi connectivity index (χ3v) is 3.40. The van der Waals surface area contributed by atoms with Crippen molar-refractivity contribution < 1.29 is 8.42 Å². The van der Waals surface area contributed by atoms with Gasteiger partial charge in [0, 0.05) is 5.41 Å². The predicted molar refractivity (Wildman–Crippen MR) is 72.8 cm³/mol. The second kappa shape index (κ2) is 5.57. The van der Waals surface area contributed by atoms with E-state index in [4.69, 9.17) is 8.42 Å². The number of hydrogen-bond donors (Lipinski definition) is 2. The standard InChI is InChI=1S/C11H13NS.H3NO2S/c1-11(2,3)10-12-8-6-4-5-7-9(8)13-10;1-4(2)3/h4-7H,1-3H3;4H,(H2,1,2,3). The van der Waals surface area contributed by atoms with Crippen molar-refractivity contribution in [1.29, 1.82) is 0 Å². The molecule has 1 aromatic heterocycles. The summed E-state index contributed by atoms with van der Waals surface area (Å²) in [6, 6.07) is 8.30. The average Bonchev–Trinajstić information content (AvgIpc) is 2.59. The lowest BCUT2D eigenvalue weighted by molar-refractivity contribution is 0.587. The SMILES string of the molecule is CC(C)(C)c1nc2ccccc2s1.N[SH](=O)=O. The summed E-state index contributed by atoms with van der Waals surface area (Å²) in [6.45, 7) is 6.60. The fraction of sp³-hybridized carbons (Fsp3) is 0.364. The van der Waals surface area contributed by atoms with Crippen LogP contribution in [0.3, 0.4) is 0 Å². The van der Waals surface area contributed by atoms with E-state index in [2.05, 4.69) is 49.1 Å². The Kier molecular flexibility index (Phi) is 4.62. The van der Waals surface area contributed by atoms with Gasteiger partial charge in [-0.05, 0) is 12.1 Å². The molecule has 0 saturated carbocycles. The van der Waals surface area contributed by atoms with E-state index in [1.54, 1.807) is 11.3 Å². The Morgan fingerprint density at radius 3 is 2.24 bits per heavy atom. The zero-order valence-corrected chi connectivity index (χ0v) is 11.7. The van der Waals surface area contributed by atoms with Crippen molar-refractivity contribution in [3.8, 4) is 0 Å². The van der Waals surface area contributed by atoms with Crippen LogP contribution in [0.4, 0.5) is 0 Å². The molecule has 0 atom stereocenters. The molecule has 0 aliphatic heterocycles. The lowest BCUT2D eigenvalue weighted by Gasteiger charge is -2.13. The molecule has 4 nitrogen and oxygen atoms in total. The van der Waals surface area contributed by atoms with Gasteiger partial charge in [0.05, 0.1) is 15.2 Å². The molecule has 0 fully saturated rings. The Hall–Kier alpha value is -0.980. The Bertz CT molecular complexity index is 527. The molecule has 2 N–H and O–H groups in total. The fourth-order valence-electron chi connectivity index (χ4n) is 1.19. The maximum atomic E-state index is 8.81. The first-order chi connectivity index (χ1) is 7.80. The van der Waals surface area contributed by atoms with Gasteiger partial charge in [0.1, 0.15) is 0 Å². The van der Waals surface area contributed by atoms with Crippen LogP contribution in [0.25, 0.3) is 10.2 Å². The number of nitrogens with two attached hydrogens (primary N) is 1. The lowest BCUT2D eigenvalue weighted by atomic mass is 9.98. The van der Waals surface area contributed by atoms with E-state index in [-0.39, 0.29) is 5.41 Å². The van der Waals surface area contributed by atoms with E-state index in [1.807, 2.05) is 6.07 Å². The number of thiazole rings is 1. The van der Waals surface area contributed by atoms with Crippen molar-refractivity contribution >= 4 is 32.4 Å². The van der Waals surface area contributed by atoms with E-state index in [0.717, 1.165) is 5.52 Å². The van der Waals surface area contributed by atoms with Crippen LogP contribution in [0.1, 0.15) is 25.8 Å². The lowest BCUT2D eigenvalue weighted by Crippen LogP contribution is -2.09. The molecule has 0 bridgehead atoms. The highest BCUT2D eigenvalue weighted by molar-refractivity contribution is 7.69. The Labute approximate surface area is 107 Å². The fourth-order valence-corrected chi connectivity index (χ4v) is 2.22. The van der Waals surface area contributed by atoms with Crippen LogP contribution in [0.5, 0.6) is 0 Å². The van der Waals surface area contributed by atoms with Crippen molar-refractivity contribution in [2.24, 2.45) is 5.14 Å². The highest BCUT2D eigenvalue weighted by Crippen LogP contribution is 2.30. The molecule has 0 unspecified atom stereocenters. The van der Waals surface area contributed by atoms with E-state index >= 15 is 0 Å². The summed E-state index contributed by atoms with van der Waals surface area (Å²) in [5, 5.41) is 5.28. The number of hydrogen-bond acceptors (Lipinski definition) is 4. The normalized spacial score (nSPS) is 11.4. The zero-order valence-electron chi connectivity index (χ0n) is 10.0. The molecule has 0 spiro atoms. The molecule has 0 saturated heterocycles. The van der Waals surface area contributed by atoms with Crippen LogP contribution in [0, 0.1) is 0 Å². The summed E-state index contributed by atoms with van der Waals surface area (Å²) < 4.78 is 18.9. The van der Waals surface area contributed by atoms with Crippen LogP contribution >= 0.6 is 11.3 Å². The molecule has 2 rings (SSSR count). The first kappa shape index (κ1) is 14.1. The second-order valence-corrected chi connectivity index (χ2v) is 6.12. The van der Waals surface area contributed by atoms with Crippen LogP contribution in [0.2, 0.25) is 0 Å². The van der Waals surface area contributed by atoms with E-state index < -0.39 is 10.9 Å². The van der Waals surface area contributed by atoms with E-state index in [1.165, 1.54) is 9.71 Å². The van der Waals surface area contributed by atoms with Gasteiger partial charge < -0.3 is 0 Å². The maximum absolute atomic E-state index is 8.81. The van der Waals surface area contributed by atoms with Gasteiger partial charge in [0.15, 0.2) is 10.9 Å². The van der Waals surface area contributed by atoms with Crippen molar-refractivity contribution in [2.75, 3.05) is 0 Å². The van der Waals surface area contributed by atoms with E-state index in [9.17, 15) is 0 Å². The number of fused-ring (bicyclic) bond motifs is 1.